The van der Waals surface area contributed by atoms with E-state index >= 15 is 0 Å². The molecule has 1 aromatic carbocycles. The molecule has 1 heterocycles. The molecule has 0 saturated carbocycles. The van der Waals surface area contributed by atoms with Crippen LogP contribution in [0.4, 0.5) is 0 Å². The Balaban J connectivity index is 0.00000264. The number of nitrogens with two attached hydrogens (primary N) is 1. The van der Waals surface area contributed by atoms with Gasteiger partial charge in [0.2, 0.25) is 5.91 Å². The first-order valence-corrected chi connectivity index (χ1v) is 8.43. The average molecular weight is 339 g/mol. The molecular formula is C19H31ClN2O. The minimum atomic E-state index is 0. The van der Waals surface area contributed by atoms with E-state index in [0.717, 1.165) is 25.9 Å². The van der Waals surface area contributed by atoms with Crippen LogP contribution in [0.2, 0.25) is 0 Å². The first-order chi connectivity index (χ1) is 10.4. The van der Waals surface area contributed by atoms with Crippen LogP contribution in [0.5, 0.6) is 0 Å². The maximum absolute atomic E-state index is 12.5. The monoisotopic (exact) mass is 338 g/mol. The lowest BCUT2D eigenvalue weighted by Gasteiger charge is -2.20. The largest absolute Gasteiger partial charge is 0.342 e. The molecule has 1 saturated heterocycles. The Morgan fingerprint density at radius 2 is 1.87 bits per heavy atom. The Bertz CT molecular complexity index is 484. The van der Waals surface area contributed by atoms with Crippen molar-refractivity contribution in [1.82, 2.24) is 4.90 Å². The summed E-state index contributed by atoms with van der Waals surface area (Å²) in [7, 11) is 0. The molecule has 2 atom stereocenters. The predicted octanol–water partition coefficient (Wildman–Crippen LogP) is 3.83. The third kappa shape index (κ3) is 5.82. The van der Waals surface area contributed by atoms with Crippen molar-refractivity contribution >= 4 is 18.3 Å². The van der Waals surface area contributed by atoms with Crippen LogP contribution in [0.1, 0.15) is 51.5 Å². The second-order valence-electron chi connectivity index (χ2n) is 7.73. The van der Waals surface area contributed by atoms with Crippen LogP contribution < -0.4 is 5.73 Å². The van der Waals surface area contributed by atoms with Gasteiger partial charge in [0.15, 0.2) is 0 Å². The van der Waals surface area contributed by atoms with Crippen molar-refractivity contribution in [1.29, 1.82) is 0 Å². The number of carbonyl (C=O) groups excluding carboxylic acids is 1. The van der Waals surface area contributed by atoms with Gasteiger partial charge in [-0.2, -0.15) is 0 Å². The summed E-state index contributed by atoms with van der Waals surface area (Å²) in [6.45, 7) is 8.95. The standard InChI is InChI=1S/C19H30N2O.ClH/c1-19(2,3)11-7-10-18(22)21-13-16(12-20)17(14-21)15-8-5-4-6-9-15;/h4-6,8-9,16-17H,7,10-14,20H2,1-3H3;1H/t16-,17+;/m1./s1. The highest BCUT2D eigenvalue weighted by atomic mass is 35.5. The Morgan fingerprint density at radius 1 is 1.22 bits per heavy atom. The Hall–Kier alpha value is -1.06. The third-order valence-corrected chi connectivity index (χ3v) is 4.64. The first-order valence-electron chi connectivity index (χ1n) is 8.43. The van der Waals surface area contributed by atoms with Gasteiger partial charge in [-0.25, -0.2) is 0 Å². The van der Waals surface area contributed by atoms with Gasteiger partial charge in [-0.1, -0.05) is 51.1 Å². The molecule has 4 heteroatoms. The molecule has 0 aromatic heterocycles. The molecule has 130 valence electrons. The number of nitrogens with zero attached hydrogens (tertiary/aromatic N) is 1. The van der Waals surface area contributed by atoms with E-state index in [1.54, 1.807) is 0 Å². The van der Waals surface area contributed by atoms with Gasteiger partial charge in [0.1, 0.15) is 0 Å². The van der Waals surface area contributed by atoms with Crippen molar-refractivity contribution in [2.75, 3.05) is 19.6 Å². The quantitative estimate of drug-likeness (QED) is 0.887. The van der Waals surface area contributed by atoms with E-state index in [1.165, 1.54) is 5.56 Å². The molecule has 1 aliphatic heterocycles. The lowest BCUT2D eigenvalue weighted by atomic mass is 9.89. The van der Waals surface area contributed by atoms with Crippen molar-refractivity contribution in [3.63, 3.8) is 0 Å². The van der Waals surface area contributed by atoms with E-state index in [2.05, 4.69) is 45.0 Å². The molecule has 0 aliphatic carbocycles. The lowest BCUT2D eigenvalue weighted by molar-refractivity contribution is -0.130. The summed E-state index contributed by atoms with van der Waals surface area (Å²) in [6.07, 6.45) is 2.73. The Labute approximate surface area is 147 Å². The van der Waals surface area contributed by atoms with Gasteiger partial charge in [0, 0.05) is 25.4 Å². The fourth-order valence-electron chi connectivity index (χ4n) is 3.32. The van der Waals surface area contributed by atoms with Crippen LogP contribution in [0, 0.1) is 11.3 Å². The highest BCUT2D eigenvalue weighted by Gasteiger charge is 2.34. The van der Waals surface area contributed by atoms with E-state index in [-0.39, 0.29) is 12.4 Å². The molecule has 2 N–H and O–H groups in total. The van der Waals surface area contributed by atoms with Gasteiger partial charge in [0.05, 0.1) is 0 Å². The van der Waals surface area contributed by atoms with Crippen molar-refractivity contribution in [2.24, 2.45) is 17.1 Å². The van der Waals surface area contributed by atoms with Gasteiger partial charge >= 0.3 is 0 Å². The fourth-order valence-corrected chi connectivity index (χ4v) is 3.32. The first kappa shape index (κ1) is 20.0. The second-order valence-corrected chi connectivity index (χ2v) is 7.73. The van der Waals surface area contributed by atoms with Crippen LogP contribution in [0.3, 0.4) is 0 Å². The molecule has 3 nitrogen and oxygen atoms in total. The van der Waals surface area contributed by atoms with Gasteiger partial charge < -0.3 is 10.6 Å². The molecule has 0 radical (unpaired) electrons. The normalized spacial score (nSPS) is 21.1. The molecule has 2 rings (SSSR count). The third-order valence-electron chi connectivity index (χ3n) is 4.64. The van der Waals surface area contributed by atoms with Crippen LogP contribution in [-0.2, 0) is 4.79 Å². The highest BCUT2D eigenvalue weighted by Crippen LogP contribution is 2.32. The number of amides is 1. The molecule has 0 unspecified atom stereocenters. The number of likely N-dealkylation sites (tertiary alicyclic amines) is 1. The topological polar surface area (TPSA) is 46.3 Å². The summed E-state index contributed by atoms with van der Waals surface area (Å²) in [6, 6.07) is 10.5. The number of rotatable bonds is 5. The number of halogens is 1. The summed E-state index contributed by atoms with van der Waals surface area (Å²) < 4.78 is 0. The zero-order valence-electron chi connectivity index (χ0n) is 14.6. The molecule has 1 aromatic rings. The van der Waals surface area contributed by atoms with Crippen molar-refractivity contribution in [3.8, 4) is 0 Å². The predicted molar refractivity (Wildman–Crippen MR) is 98.9 cm³/mol. The zero-order chi connectivity index (χ0) is 16.2. The van der Waals surface area contributed by atoms with Crippen molar-refractivity contribution in [3.05, 3.63) is 35.9 Å². The summed E-state index contributed by atoms with van der Waals surface area (Å²) in [5.41, 5.74) is 7.55. The van der Waals surface area contributed by atoms with E-state index < -0.39 is 0 Å². The van der Waals surface area contributed by atoms with E-state index in [1.807, 2.05) is 11.0 Å². The summed E-state index contributed by atoms with van der Waals surface area (Å²) in [5, 5.41) is 0. The van der Waals surface area contributed by atoms with Crippen LogP contribution in [0.15, 0.2) is 30.3 Å². The number of hydrogen-bond donors (Lipinski definition) is 1. The number of benzene rings is 1. The summed E-state index contributed by atoms with van der Waals surface area (Å²) in [4.78, 5) is 14.5. The molecule has 1 aliphatic rings. The van der Waals surface area contributed by atoms with E-state index in [9.17, 15) is 4.79 Å². The van der Waals surface area contributed by atoms with Gasteiger partial charge in [0.25, 0.3) is 0 Å². The van der Waals surface area contributed by atoms with Crippen molar-refractivity contribution < 1.29 is 4.79 Å². The molecule has 1 fully saturated rings. The van der Waals surface area contributed by atoms with E-state index in [4.69, 9.17) is 5.73 Å². The average Bonchev–Trinajstić information content (AvgIpc) is 2.91. The number of carbonyl (C=O) groups is 1. The minimum Gasteiger partial charge on any atom is -0.342 e. The summed E-state index contributed by atoms with van der Waals surface area (Å²) >= 11 is 0. The van der Waals surface area contributed by atoms with Crippen LogP contribution >= 0.6 is 12.4 Å². The van der Waals surface area contributed by atoms with Gasteiger partial charge in [-0.05, 0) is 36.3 Å². The Kier molecular flexibility index (Phi) is 7.56. The molecular weight excluding hydrogens is 308 g/mol. The number of hydrogen-bond acceptors (Lipinski definition) is 2. The second kappa shape index (κ2) is 8.70. The van der Waals surface area contributed by atoms with Gasteiger partial charge in [-0.15, -0.1) is 12.4 Å². The fraction of sp³-hybridized carbons (Fsp3) is 0.632. The molecule has 23 heavy (non-hydrogen) atoms. The van der Waals surface area contributed by atoms with Crippen LogP contribution in [0.25, 0.3) is 0 Å². The van der Waals surface area contributed by atoms with Crippen molar-refractivity contribution in [2.45, 2.75) is 46.0 Å². The maximum Gasteiger partial charge on any atom is 0.222 e. The summed E-state index contributed by atoms with van der Waals surface area (Å²) in [5.74, 6) is 1.06. The highest BCUT2D eigenvalue weighted by molar-refractivity contribution is 5.85. The smallest absolute Gasteiger partial charge is 0.222 e. The lowest BCUT2D eigenvalue weighted by Crippen LogP contribution is -2.29. The molecule has 0 spiro atoms. The maximum atomic E-state index is 12.5. The Morgan fingerprint density at radius 3 is 2.43 bits per heavy atom. The zero-order valence-corrected chi connectivity index (χ0v) is 15.4. The molecule has 1 amide bonds. The SMILES string of the molecule is CC(C)(C)CCCC(=O)N1C[C@@H](CN)[C@H](c2ccccc2)C1.Cl. The minimum absolute atomic E-state index is 0. The molecule has 0 bridgehead atoms. The van der Waals surface area contributed by atoms with E-state index in [0.29, 0.717) is 36.1 Å². The van der Waals surface area contributed by atoms with Crippen LogP contribution in [-0.4, -0.2) is 30.4 Å². The van der Waals surface area contributed by atoms with Gasteiger partial charge in [-0.3, -0.25) is 4.79 Å².